The number of rotatable bonds is 6. The predicted molar refractivity (Wildman–Crippen MR) is 76.0 cm³/mol. The summed E-state index contributed by atoms with van der Waals surface area (Å²) in [6.45, 7) is 1.37. The monoisotopic (exact) mass is 283 g/mol. The summed E-state index contributed by atoms with van der Waals surface area (Å²) in [7, 11) is 0. The second-order valence-electron chi connectivity index (χ2n) is 6.00. The lowest BCUT2D eigenvalue weighted by atomic mass is 9.76. The van der Waals surface area contributed by atoms with Crippen LogP contribution in [0.3, 0.4) is 0 Å². The summed E-state index contributed by atoms with van der Waals surface area (Å²) in [5.41, 5.74) is 1.50. The van der Waals surface area contributed by atoms with Crippen molar-refractivity contribution in [3.63, 3.8) is 0 Å². The topological polar surface area (TPSA) is 21.3 Å². The van der Waals surface area contributed by atoms with Gasteiger partial charge >= 0.3 is 6.61 Å². The van der Waals surface area contributed by atoms with Crippen molar-refractivity contribution in [2.24, 2.45) is 5.41 Å². The number of hydrogen-bond donors (Lipinski definition) is 1. The molecule has 2 nitrogen and oxygen atoms in total. The van der Waals surface area contributed by atoms with Crippen molar-refractivity contribution in [3.8, 4) is 5.75 Å². The van der Waals surface area contributed by atoms with Gasteiger partial charge in [0.05, 0.1) is 0 Å². The summed E-state index contributed by atoms with van der Waals surface area (Å²) in [6, 6.07) is 6.83. The van der Waals surface area contributed by atoms with Crippen LogP contribution >= 0.6 is 0 Å². The van der Waals surface area contributed by atoms with Crippen LogP contribution in [0.25, 0.3) is 0 Å². The molecule has 0 atom stereocenters. The van der Waals surface area contributed by atoms with E-state index >= 15 is 0 Å². The van der Waals surface area contributed by atoms with Crippen molar-refractivity contribution < 1.29 is 13.5 Å². The molecule has 0 aliphatic heterocycles. The average Bonchev–Trinajstić information content (AvgIpc) is 2.41. The highest BCUT2D eigenvalue weighted by Gasteiger charge is 2.25. The Kier molecular flexibility index (Phi) is 5.35. The Hall–Kier alpha value is -1.16. The first-order valence-corrected chi connectivity index (χ1v) is 7.32. The van der Waals surface area contributed by atoms with Gasteiger partial charge in [0.15, 0.2) is 0 Å². The van der Waals surface area contributed by atoms with Crippen LogP contribution in [-0.2, 0) is 6.54 Å². The SMILES string of the molecule is CC1(CNCc2ccc(OC(F)F)cc2)CCCCC1. The zero-order valence-corrected chi connectivity index (χ0v) is 12.0. The van der Waals surface area contributed by atoms with Gasteiger partial charge in [-0.25, -0.2) is 0 Å². The zero-order chi connectivity index (χ0) is 14.4. The van der Waals surface area contributed by atoms with Crippen molar-refractivity contribution in [3.05, 3.63) is 29.8 Å². The van der Waals surface area contributed by atoms with Crippen molar-refractivity contribution in [2.45, 2.75) is 52.2 Å². The molecular formula is C16H23F2NO. The Bertz CT molecular complexity index is 399. The fourth-order valence-electron chi connectivity index (χ4n) is 2.88. The van der Waals surface area contributed by atoms with E-state index in [0.717, 1.165) is 18.7 Å². The molecule has 0 bridgehead atoms. The molecule has 0 radical (unpaired) electrons. The number of nitrogens with one attached hydrogen (secondary N) is 1. The molecule has 1 aliphatic rings. The van der Waals surface area contributed by atoms with Crippen LogP contribution in [0.5, 0.6) is 5.75 Å². The Labute approximate surface area is 119 Å². The van der Waals surface area contributed by atoms with Crippen molar-refractivity contribution in [1.29, 1.82) is 0 Å². The summed E-state index contributed by atoms with van der Waals surface area (Å²) in [4.78, 5) is 0. The molecule has 0 heterocycles. The van der Waals surface area contributed by atoms with E-state index in [9.17, 15) is 8.78 Å². The van der Waals surface area contributed by atoms with Crippen LogP contribution in [0.15, 0.2) is 24.3 Å². The van der Waals surface area contributed by atoms with Crippen LogP contribution in [0.1, 0.15) is 44.6 Å². The van der Waals surface area contributed by atoms with Gasteiger partial charge in [-0.15, -0.1) is 0 Å². The van der Waals surface area contributed by atoms with E-state index in [1.807, 2.05) is 12.1 Å². The van der Waals surface area contributed by atoms with Crippen molar-refractivity contribution in [2.75, 3.05) is 6.54 Å². The van der Waals surface area contributed by atoms with Crippen LogP contribution in [0.4, 0.5) is 8.78 Å². The molecule has 0 unspecified atom stereocenters. The first-order chi connectivity index (χ1) is 9.57. The van der Waals surface area contributed by atoms with Gasteiger partial charge in [-0.05, 0) is 36.0 Å². The maximum atomic E-state index is 12.0. The van der Waals surface area contributed by atoms with E-state index in [2.05, 4.69) is 17.0 Å². The zero-order valence-electron chi connectivity index (χ0n) is 12.0. The summed E-state index contributed by atoms with van der Waals surface area (Å²) >= 11 is 0. The van der Waals surface area contributed by atoms with Gasteiger partial charge in [-0.1, -0.05) is 38.3 Å². The van der Waals surface area contributed by atoms with Gasteiger partial charge in [-0.2, -0.15) is 8.78 Å². The molecule has 0 amide bonds. The number of halogens is 2. The molecule has 1 fully saturated rings. The summed E-state index contributed by atoms with van der Waals surface area (Å²) in [5.74, 6) is 0.211. The van der Waals surface area contributed by atoms with E-state index in [4.69, 9.17) is 0 Å². The quantitative estimate of drug-likeness (QED) is 0.838. The molecule has 1 aromatic carbocycles. The van der Waals surface area contributed by atoms with Crippen molar-refractivity contribution in [1.82, 2.24) is 5.32 Å². The second-order valence-corrected chi connectivity index (χ2v) is 6.00. The number of hydrogen-bond acceptors (Lipinski definition) is 2. The number of benzene rings is 1. The van der Waals surface area contributed by atoms with Crippen molar-refractivity contribution >= 4 is 0 Å². The third-order valence-corrected chi connectivity index (χ3v) is 4.09. The van der Waals surface area contributed by atoms with E-state index in [-0.39, 0.29) is 5.75 Å². The molecule has 20 heavy (non-hydrogen) atoms. The van der Waals surface area contributed by atoms with Gasteiger partial charge in [0, 0.05) is 13.1 Å². The fourth-order valence-corrected chi connectivity index (χ4v) is 2.88. The molecule has 1 aliphatic carbocycles. The van der Waals surface area contributed by atoms with Gasteiger partial charge in [0.25, 0.3) is 0 Å². The smallest absolute Gasteiger partial charge is 0.387 e. The fraction of sp³-hybridized carbons (Fsp3) is 0.625. The van der Waals surface area contributed by atoms with E-state index < -0.39 is 6.61 Å². The molecule has 1 N–H and O–H groups in total. The summed E-state index contributed by atoms with van der Waals surface area (Å²) in [6.07, 6.45) is 6.61. The third kappa shape index (κ3) is 4.75. The largest absolute Gasteiger partial charge is 0.435 e. The Morgan fingerprint density at radius 2 is 1.80 bits per heavy atom. The molecule has 0 spiro atoms. The predicted octanol–water partition coefficient (Wildman–Crippen LogP) is 4.35. The lowest BCUT2D eigenvalue weighted by Gasteiger charge is -2.33. The van der Waals surface area contributed by atoms with Gasteiger partial charge in [0.2, 0.25) is 0 Å². The van der Waals surface area contributed by atoms with Gasteiger partial charge < -0.3 is 10.1 Å². The minimum Gasteiger partial charge on any atom is -0.435 e. The lowest BCUT2D eigenvalue weighted by molar-refractivity contribution is -0.0498. The Morgan fingerprint density at radius 1 is 1.15 bits per heavy atom. The maximum absolute atomic E-state index is 12.0. The Balaban J connectivity index is 1.76. The first kappa shape index (κ1) is 15.2. The Morgan fingerprint density at radius 3 is 2.40 bits per heavy atom. The standard InChI is InChI=1S/C16H23F2NO/c1-16(9-3-2-4-10-16)12-19-11-13-5-7-14(8-6-13)20-15(17)18/h5-8,15,19H,2-4,9-12H2,1H3. The number of ether oxygens (including phenoxy) is 1. The normalized spacial score (nSPS) is 18.2. The summed E-state index contributed by atoms with van der Waals surface area (Å²) < 4.78 is 28.4. The minimum atomic E-state index is -2.76. The number of alkyl halides is 2. The molecule has 4 heteroatoms. The highest BCUT2D eigenvalue weighted by atomic mass is 19.3. The highest BCUT2D eigenvalue weighted by Crippen LogP contribution is 2.34. The molecule has 0 saturated heterocycles. The molecule has 0 aromatic heterocycles. The van der Waals surface area contributed by atoms with Gasteiger partial charge in [0.1, 0.15) is 5.75 Å². The highest BCUT2D eigenvalue weighted by molar-refractivity contribution is 5.27. The van der Waals surface area contributed by atoms with Crippen LogP contribution in [0, 0.1) is 5.41 Å². The van der Waals surface area contributed by atoms with E-state index in [1.54, 1.807) is 12.1 Å². The van der Waals surface area contributed by atoms with Gasteiger partial charge in [-0.3, -0.25) is 0 Å². The third-order valence-electron chi connectivity index (χ3n) is 4.09. The van der Waals surface area contributed by atoms with Crippen LogP contribution < -0.4 is 10.1 Å². The first-order valence-electron chi connectivity index (χ1n) is 7.32. The summed E-state index contributed by atoms with van der Waals surface area (Å²) in [5, 5.41) is 3.48. The van der Waals surface area contributed by atoms with Crippen LogP contribution in [-0.4, -0.2) is 13.2 Å². The molecule has 1 saturated carbocycles. The molecule has 112 valence electrons. The maximum Gasteiger partial charge on any atom is 0.387 e. The molecule has 2 rings (SSSR count). The van der Waals surface area contributed by atoms with Crippen LogP contribution in [0.2, 0.25) is 0 Å². The molecule has 1 aromatic rings. The molecular weight excluding hydrogens is 260 g/mol. The average molecular weight is 283 g/mol. The lowest BCUT2D eigenvalue weighted by Crippen LogP contribution is -2.33. The second kappa shape index (κ2) is 7.02. The minimum absolute atomic E-state index is 0.211. The van der Waals surface area contributed by atoms with E-state index in [0.29, 0.717) is 5.41 Å². The van der Waals surface area contributed by atoms with E-state index in [1.165, 1.54) is 32.1 Å².